The van der Waals surface area contributed by atoms with Crippen LogP contribution >= 0.6 is 0 Å². The lowest BCUT2D eigenvalue weighted by Gasteiger charge is -1.94. The summed E-state index contributed by atoms with van der Waals surface area (Å²) in [7, 11) is 0. The number of nitrogens with two attached hydrogens (primary N) is 1. The molecule has 3 aromatic rings. The summed E-state index contributed by atoms with van der Waals surface area (Å²) >= 11 is 0. The standard InChI is InChI=1S/C8H7N3.C8H7N/c9-7-5-3-1-2-4-6(5)8(10)11-7;1-2-4-8-7(3-1)5-6-9-8/h1-4H,(H3,9,10,11);1-6,9H. The van der Waals surface area contributed by atoms with Crippen LogP contribution in [0.3, 0.4) is 0 Å². The van der Waals surface area contributed by atoms with E-state index in [0.717, 1.165) is 11.1 Å². The highest BCUT2D eigenvalue weighted by molar-refractivity contribution is 6.20. The molecule has 98 valence electrons. The molecule has 2 aromatic carbocycles. The van der Waals surface area contributed by atoms with E-state index in [0.29, 0.717) is 5.84 Å². The second kappa shape index (κ2) is 5.01. The van der Waals surface area contributed by atoms with Crippen molar-refractivity contribution < 1.29 is 0 Å². The minimum atomic E-state index is 0.262. The first-order chi connectivity index (χ1) is 9.75. The van der Waals surface area contributed by atoms with Gasteiger partial charge in [-0.05, 0) is 17.5 Å². The van der Waals surface area contributed by atoms with E-state index in [1.165, 1.54) is 10.9 Å². The third-order valence-electron chi connectivity index (χ3n) is 3.15. The average molecular weight is 262 g/mol. The van der Waals surface area contributed by atoms with E-state index in [2.05, 4.69) is 28.2 Å². The van der Waals surface area contributed by atoms with Gasteiger partial charge in [-0.1, -0.05) is 42.5 Å². The normalized spacial score (nSPS) is 12.6. The number of nitrogens with one attached hydrogen (secondary N) is 2. The van der Waals surface area contributed by atoms with E-state index in [1.54, 1.807) is 0 Å². The molecule has 0 atom stereocenters. The van der Waals surface area contributed by atoms with E-state index in [1.807, 2.05) is 42.6 Å². The maximum Gasteiger partial charge on any atom is 0.154 e. The molecule has 0 fully saturated rings. The fourth-order valence-corrected chi connectivity index (χ4v) is 2.15. The number of aromatic amines is 1. The summed E-state index contributed by atoms with van der Waals surface area (Å²) < 4.78 is 0. The molecule has 20 heavy (non-hydrogen) atoms. The smallest absolute Gasteiger partial charge is 0.154 e. The Hall–Kier alpha value is -2.88. The second-order valence-corrected chi connectivity index (χ2v) is 4.46. The van der Waals surface area contributed by atoms with Crippen LogP contribution < -0.4 is 5.73 Å². The number of para-hydroxylation sites is 1. The first-order valence-electron chi connectivity index (χ1n) is 6.30. The SMILES string of the molecule is N=C1N=C(N)c2ccccc21.c1ccc2[nH]ccc2c1. The number of hydrogen-bond acceptors (Lipinski definition) is 2. The summed E-state index contributed by atoms with van der Waals surface area (Å²) in [6.07, 6.45) is 1.95. The molecule has 1 aliphatic rings. The minimum absolute atomic E-state index is 0.262. The Morgan fingerprint density at radius 3 is 2.35 bits per heavy atom. The summed E-state index contributed by atoms with van der Waals surface area (Å²) in [6.45, 7) is 0. The van der Waals surface area contributed by atoms with Gasteiger partial charge in [0.1, 0.15) is 5.84 Å². The molecular formula is C16H14N4. The largest absolute Gasteiger partial charge is 0.383 e. The summed E-state index contributed by atoms with van der Waals surface area (Å²) in [5, 5.41) is 8.67. The van der Waals surface area contributed by atoms with Crippen molar-refractivity contribution in [2.75, 3.05) is 0 Å². The van der Waals surface area contributed by atoms with Crippen molar-refractivity contribution in [2.24, 2.45) is 10.7 Å². The minimum Gasteiger partial charge on any atom is -0.383 e. The molecule has 1 aliphatic heterocycles. The predicted octanol–water partition coefficient (Wildman–Crippen LogP) is 2.90. The molecule has 0 unspecified atom stereocenters. The van der Waals surface area contributed by atoms with Crippen LogP contribution in [0.25, 0.3) is 10.9 Å². The third-order valence-corrected chi connectivity index (χ3v) is 3.15. The molecule has 0 bridgehead atoms. The summed E-state index contributed by atoms with van der Waals surface area (Å²) in [5.41, 5.74) is 8.45. The number of aliphatic imine (C=N–C) groups is 1. The first-order valence-corrected chi connectivity index (χ1v) is 6.30. The van der Waals surface area contributed by atoms with Crippen LogP contribution in [-0.2, 0) is 0 Å². The molecule has 2 heterocycles. The zero-order chi connectivity index (χ0) is 13.9. The van der Waals surface area contributed by atoms with Gasteiger partial charge in [-0.3, -0.25) is 5.41 Å². The van der Waals surface area contributed by atoms with Crippen molar-refractivity contribution in [1.82, 2.24) is 4.98 Å². The molecule has 0 aliphatic carbocycles. The highest BCUT2D eigenvalue weighted by Crippen LogP contribution is 2.15. The maximum absolute atomic E-state index is 7.39. The molecule has 0 saturated carbocycles. The number of hydrogen-bond donors (Lipinski definition) is 3. The van der Waals surface area contributed by atoms with Crippen molar-refractivity contribution in [3.05, 3.63) is 71.9 Å². The summed E-state index contributed by atoms with van der Waals surface area (Å²) in [4.78, 5) is 6.95. The molecule has 0 radical (unpaired) electrons. The molecule has 4 nitrogen and oxygen atoms in total. The molecule has 4 heteroatoms. The summed E-state index contributed by atoms with van der Waals surface area (Å²) in [6, 6.07) is 17.8. The van der Waals surface area contributed by atoms with Crippen molar-refractivity contribution in [1.29, 1.82) is 5.41 Å². The van der Waals surface area contributed by atoms with E-state index in [-0.39, 0.29) is 5.84 Å². The maximum atomic E-state index is 7.39. The van der Waals surface area contributed by atoms with Crippen molar-refractivity contribution in [2.45, 2.75) is 0 Å². The Morgan fingerprint density at radius 2 is 1.60 bits per heavy atom. The Kier molecular flexibility index (Phi) is 3.05. The molecule has 0 amide bonds. The van der Waals surface area contributed by atoms with Gasteiger partial charge in [0.2, 0.25) is 0 Å². The van der Waals surface area contributed by atoms with Crippen LogP contribution in [0.2, 0.25) is 0 Å². The Labute approximate surface area is 116 Å². The zero-order valence-corrected chi connectivity index (χ0v) is 10.8. The lowest BCUT2D eigenvalue weighted by Crippen LogP contribution is -2.09. The van der Waals surface area contributed by atoms with Gasteiger partial charge in [-0.25, -0.2) is 4.99 Å². The molecule has 4 N–H and O–H groups in total. The highest BCUT2D eigenvalue weighted by atomic mass is 14.9. The third kappa shape index (κ3) is 2.19. The van der Waals surface area contributed by atoms with Gasteiger partial charge in [0.25, 0.3) is 0 Å². The Morgan fingerprint density at radius 1 is 0.900 bits per heavy atom. The number of aromatic nitrogens is 1. The highest BCUT2D eigenvalue weighted by Gasteiger charge is 2.16. The Balaban J connectivity index is 0.000000123. The van der Waals surface area contributed by atoms with Crippen LogP contribution in [0, 0.1) is 5.41 Å². The Bertz CT molecular complexity index is 769. The topological polar surface area (TPSA) is 78.0 Å². The number of rotatable bonds is 0. The van der Waals surface area contributed by atoms with Crippen LogP contribution in [0.1, 0.15) is 11.1 Å². The van der Waals surface area contributed by atoms with E-state index in [9.17, 15) is 0 Å². The van der Waals surface area contributed by atoms with Gasteiger partial charge in [0.05, 0.1) is 0 Å². The van der Waals surface area contributed by atoms with Gasteiger partial charge in [-0.2, -0.15) is 0 Å². The first kappa shape index (κ1) is 12.2. The zero-order valence-electron chi connectivity index (χ0n) is 10.8. The number of amidine groups is 2. The van der Waals surface area contributed by atoms with Crippen molar-refractivity contribution in [3.63, 3.8) is 0 Å². The van der Waals surface area contributed by atoms with Crippen molar-refractivity contribution in [3.8, 4) is 0 Å². The van der Waals surface area contributed by atoms with Crippen LogP contribution in [-0.4, -0.2) is 16.7 Å². The lowest BCUT2D eigenvalue weighted by atomic mass is 10.1. The summed E-state index contributed by atoms with van der Waals surface area (Å²) in [5.74, 6) is 0.712. The fraction of sp³-hybridized carbons (Fsp3) is 0. The molecule has 0 spiro atoms. The van der Waals surface area contributed by atoms with E-state index >= 15 is 0 Å². The number of nitrogens with zero attached hydrogens (tertiary/aromatic N) is 1. The molecule has 4 rings (SSSR count). The van der Waals surface area contributed by atoms with E-state index in [4.69, 9.17) is 11.1 Å². The van der Waals surface area contributed by atoms with Gasteiger partial charge < -0.3 is 10.7 Å². The van der Waals surface area contributed by atoms with Gasteiger partial charge >= 0.3 is 0 Å². The average Bonchev–Trinajstić information content (AvgIpc) is 3.06. The fourth-order valence-electron chi connectivity index (χ4n) is 2.15. The quantitative estimate of drug-likeness (QED) is 0.572. The molecular weight excluding hydrogens is 248 g/mol. The predicted molar refractivity (Wildman–Crippen MR) is 82.3 cm³/mol. The number of benzene rings is 2. The molecule has 0 saturated heterocycles. The number of fused-ring (bicyclic) bond motifs is 2. The van der Waals surface area contributed by atoms with Gasteiger partial charge in [0, 0.05) is 22.8 Å². The van der Waals surface area contributed by atoms with Gasteiger partial charge in [-0.15, -0.1) is 0 Å². The monoisotopic (exact) mass is 262 g/mol. The lowest BCUT2D eigenvalue weighted by molar-refractivity contribution is 1.45. The van der Waals surface area contributed by atoms with Crippen molar-refractivity contribution >= 4 is 22.6 Å². The van der Waals surface area contributed by atoms with Crippen LogP contribution in [0.5, 0.6) is 0 Å². The van der Waals surface area contributed by atoms with Gasteiger partial charge in [0.15, 0.2) is 5.84 Å². The second-order valence-electron chi connectivity index (χ2n) is 4.46. The van der Waals surface area contributed by atoms with E-state index < -0.39 is 0 Å². The number of H-pyrrole nitrogens is 1. The van der Waals surface area contributed by atoms with Crippen LogP contribution in [0.4, 0.5) is 0 Å². The van der Waals surface area contributed by atoms with Crippen LogP contribution in [0.15, 0.2) is 65.8 Å². The molecule has 1 aromatic heterocycles.